The first-order valence-electron chi connectivity index (χ1n) is 9.93. The Morgan fingerprint density at radius 3 is 2.65 bits per heavy atom. The van der Waals surface area contributed by atoms with E-state index in [2.05, 4.69) is 29.2 Å². The molecule has 0 saturated carbocycles. The van der Waals surface area contributed by atoms with Gasteiger partial charge in [-0.15, -0.1) is 11.3 Å². The van der Waals surface area contributed by atoms with Crippen LogP contribution >= 0.6 is 11.3 Å². The number of hydrogen-bond donors (Lipinski definition) is 1. The smallest absolute Gasteiger partial charge is 0.206 e. The monoisotopic (exact) mass is 432 g/mol. The molecule has 0 aliphatic carbocycles. The number of hydrogen-bond acceptors (Lipinski definition) is 5. The number of nitrogens with one attached hydrogen (secondary N) is 1. The number of aromatic nitrogens is 2. The van der Waals surface area contributed by atoms with Crippen LogP contribution in [0.5, 0.6) is 11.5 Å². The molecule has 31 heavy (non-hydrogen) atoms. The van der Waals surface area contributed by atoms with Crippen molar-refractivity contribution in [2.75, 3.05) is 20.8 Å². The second-order valence-electron chi connectivity index (χ2n) is 6.77. The Morgan fingerprint density at radius 2 is 1.90 bits per heavy atom. The summed E-state index contributed by atoms with van der Waals surface area (Å²) >= 11 is 1.55. The van der Waals surface area contributed by atoms with E-state index in [-0.39, 0.29) is 0 Å². The fourth-order valence-electron chi connectivity index (χ4n) is 3.19. The maximum absolute atomic E-state index is 5.60. The lowest BCUT2D eigenvalue weighted by Gasteiger charge is -2.11. The summed E-state index contributed by atoms with van der Waals surface area (Å²) in [6, 6.07) is 20.0. The van der Waals surface area contributed by atoms with Crippen molar-refractivity contribution in [3.8, 4) is 22.8 Å². The number of H-pyrrole nitrogens is 1. The van der Waals surface area contributed by atoms with Crippen molar-refractivity contribution < 1.29 is 9.47 Å². The number of nitrogens with zero attached hydrogens (tertiary/aromatic N) is 3. The molecule has 0 fully saturated rings. The molecule has 158 valence electrons. The molecular formula is C24H24N4O2S. The van der Waals surface area contributed by atoms with Crippen LogP contribution in [-0.2, 0) is 6.42 Å². The molecule has 0 saturated heterocycles. The zero-order valence-electron chi connectivity index (χ0n) is 17.5. The van der Waals surface area contributed by atoms with Crippen LogP contribution in [0.2, 0.25) is 0 Å². The summed E-state index contributed by atoms with van der Waals surface area (Å²) in [7, 11) is 3.32. The SMILES string of the molecule is COc1ccc(OC)c(-c2csc(=NCCc3ccccc3)n2N=Cc2ccc[nH]2)c1. The predicted octanol–water partition coefficient (Wildman–Crippen LogP) is 4.59. The van der Waals surface area contributed by atoms with Gasteiger partial charge in [0.1, 0.15) is 11.5 Å². The summed E-state index contributed by atoms with van der Waals surface area (Å²) in [5, 5.41) is 6.77. The molecule has 0 spiro atoms. The zero-order chi connectivity index (χ0) is 21.5. The van der Waals surface area contributed by atoms with Crippen LogP contribution in [0.15, 0.2) is 82.3 Å². The lowest BCUT2D eigenvalue weighted by atomic mass is 10.1. The van der Waals surface area contributed by atoms with Crippen molar-refractivity contribution >= 4 is 17.6 Å². The van der Waals surface area contributed by atoms with Crippen molar-refractivity contribution in [2.45, 2.75) is 6.42 Å². The van der Waals surface area contributed by atoms with E-state index in [4.69, 9.17) is 19.6 Å². The van der Waals surface area contributed by atoms with E-state index in [1.807, 2.05) is 52.7 Å². The molecular weight excluding hydrogens is 408 g/mol. The fraction of sp³-hybridized carbons (Fsp3) is 0.167. The Labute approximate surface area is 185 Å². The Bertz CT molecular complexity index is 1210. The van der Waals surface area contributed by atoms with Crippen LogP contribution < -0.4 is 14.3 Å². The van der Waals surface area contributed by atoms with Gasteiger partial charge in [0.2, 0.25) is 4.80 Å². The quantitative estimate of drug-likeness (QED) is 0.414. The second kappa shape index (κ2) is 9.95. The first kappa shape index (κ1) is 20.7. The van der Waals surface area contributed by atoms with Gasteiger partial charge in [-0.1, -0.05) is 30.3 Å². The Hall–Kier alpha value is -3.58. The summed E-state index contributed by atoms with van der Waals surface area (Å²) < 4.78 is 12.9. The third-order valence-electron chi connectivity index (χ3n) is 4.79. The molecule has 0 atom stereocenters. The number of aromatic amines is 1. The van der Waals surface area contributed by atoms with Crippen LogP contribution in [0, 0.1) is 0 Å². The summed E-state index contributed by atoms with van der Waals surface area (Å²) in [4.78, 5) is 8.80. The van der Waals surface area contributed by atoms with E-state index in [9.17, 15) is 0 Å². The van der Waals surface area contributed by atoms with Gasteiger partial charge in [-0.05, 0) is 42.3 Å². The highest BCUT2D eigenvalue weighted by atomic mass is 32.1. The van der Waals surface area contributed by atoms with Crippen molar-refractivity contribution in [3.63, 3.8) is 0 Å². The van der Waals surface area contributed by atoms with Gasteiger partial charge in [-0.25, -0.2) is 4.68 Å². The minimum atomic E-state index is 0.678. The lowest BCUT2D eigenvalue weighted by molar-refractivity contribution is 0.404. The molecule has 6 nitrogen and oxygen atoms in total. The van der Waals surface area contributed by atoms with Gasteiger partial charge >= 0.3 is 0 Å². The first-order valence-corrected chi connectivity index (χ1v) is 10.8. The van der Waals surface area contributed by atoms with Crippen molar-refractivity contribution in [3.05, 3.63) is 88.3 Å². The molecule has 0 amide bonds. The highest BCUT2D eigenvalue weighted by Crippen LogP contribution is 2.33. The molecule has 1 N–H and O–H groups in total. The summed E-state index contributed by atoms with van der Waals surface area (Å²) in [6.07, 6.45) is 4.53. The number of thiazole rings is 1. The molecule has 0 aliphatic heterocycles. The van der Waals surface area contributed by atoms with E-state index in [0.717, 1.165) is 39.7 Å². The van der Waals surface area contributed by atoms with Crippen LogP contribution in [0.25, 0.3) is 11.3 Å². The Kier molecular flexibility index (Phi) is 6.64. The van der Waals surface area contributed by atoms with Gasteiger partial charge < -0.3 is 14.5 Å². The third kappa shape index (κ3) is 4.95. The van der Waals surface area contributed by atoms with Crippen LogP contribution in [0.1, 0.15) is 11.3 Å². The van der Waals surface area contributed by atoms with Gasteiger partial charge in [0, 0.05) is 23.7 Å². The second-order valence-corrected chi connectivity index (χ2v) is 7.61. The molecule has 7 heteroatoms. The topological polar surface area (TPSA) is 63.9 Å². The van der Waals surface area contributed by atoms with Crippen molar-refractivity contribution in [1.29, 1.82) is 0 Å². The van der Waals surface area contributed by atoms with E-state index >= 15 is 0 Å². The van der Waals surface area contributed by atoms with Crippen molar-refractivity contribution in [1.82, 2.24) is 9.66 Å². The molecule has 2 aromatic heterocycles. The summed E-state index contributed by atoms with van der Waals surface area (Å²) in [5.41, 5.74) is 3.96. The number of ether oxygens (including phenoxy) is 2. The van der Waals surface area contributed by atoms with Crippen molar-refractivity contribution in [2.24, 2.45) is 10.1 Å². The molecule has 0 unspecified atom stereocenters. The normalized spacial score (nSPS) is 11.9. The minimum Gasteiger partial charge on any atom is -0.497 e. The molecule has 4 aromatic rings. The van der Waals surface area contributed by atoms with Crippen LogP contribution in [-0.4, -0.2) is 36.6 Å². The van der Waals surface area contributed by atoms with E-state index in [1.165, 1.54) is 5.56 Å². The largest absolute Gasteiger partial charge is 0.497 e. The van der Waals surface area contributed by atoms with E-state index in [0.29, 0.717) is 6.54 Å². The fourth-order valence-corrected chi connectivity index (χ4v) is 4.04. The average Bonchev–Trinajstić information content (AvgIpc) is 3.48. The Morgan fingerprint density at radius 1 is 1.03 bits per heavy atom. The number of rotatable bonds is 8. The highest BCUT2D eigenvalue weighted by molar-refractivity contribution is 7.07. The molecule has 0 bridgehead atoms. The maximum Gasteiger partial charge on any atom is 0.206 e. The Balaban J connectivity index is 1.74. The first-order chi connectivity index (χ1) is 15.3. The van der Waals surface area contributed by atoms with Gasteiger partial charge in [0.15, 0.2) is 0 Å². The number of methoxy groups -OCH3 is 2. The minimum absolute atomic E-state index is 0.678. The molecule has 2 aromatic carbocycles. The maximum atomic E-state index is 5.60. The predicted molar refractivity (Wildman–Crippen MR) is 125 cm³/mol. The van der Waals surface area contributed by atoms with Gasteiger partial charge in [-0.3, -0.25) is 4.99 Å². The lowest BCUT2D eigenvalue weighted by Crippen LogP contribution is -2.13. The van der Waals surface area contributed by atoms with Crippen LogP contribution in [0.4, 0.5) is 0 Å². The van der Waals surface area contributed by atoms with Gasteiger partial charge in [0.25, 0.3) is 0 Å². The zero-order valence-corrected chi connectivity index (χ0v) is 18.3. The summed E-state index contributed by atoms with van der Waals surface area (Å²) in [5.74, 6) is 1.50. The van der Waals surface area contributed by atoms with Gasteiger partial charge in [-0.2, -0.15) is 5.10 Å². The molecule has 0 radical (unpaired) electrons. The number of benzene rings is 2. The molecule has 0 aliphatic rings. The third-order valence-corrected chi connectivity index (χ3v) is 5.65. The average molecular weight is 433 g/mol. The van der Waals surface area contributed by atoms with E-state index in [1.54, 1.807) is 31.8 Å². The van der Waals surface area contributed by atoms with E-state index < -0.39 is 0 Å². The summed E-state index contributed by atoms with van der Waals surface area (Å²) in [6.45, 7) is 0.678. The van der Waals surface area contributed by atoms with Gasteiger partial charge in [0.05, 0.1) is 31.8 Å². The standard InChI is InChI=1S/C24H24N4O2S/c1-29-20-10-11-23(30-2)21(15-20)22-17-31-24(26-14-12-18-7-4-3-5-8-18)28(22)27-16-19-9-6-13-25-19/h3-11,13,15-17,25H,12,14H2,1-2H3. The highest BCUT2D eigenvalue weighted by Gasteiger charge is 2.14. The molecule has 4 rings (SSSR count). The molecule has 2 heterocycles. The van der Waals surface area contributed by atoms with Crippen LogP contribution in [0.3, 0.4) is 0 Å².